The van der Waals surface area contributed by atoms with Crippen molar-refractivity contribution in [2.75, 3.05) is 26.7 Å². The Morgan fingerprint density at radius 2 is 1.60 bits per heavy atom. The zero-order valence-electron chi connectivity index (χ0n) is 30.0. The molecule has 1 heterocycles. The summed E-state index contributed by atoms with van der Waals surface area (Å²) in [5, 5.41) is 5.64. The minimum atomic E-state index is -0.741. The number of carbonyl (C=O) groups is 3. The Bertz CT molecular complexity index is 1590. The molecule has 3 fully saturated rings. The van der Waals surface area contributed by atoms with Crippen LogP contribution in [0, 0.1) is 5.92 Å². The normalized spacial score (nSPS) is 19.7. The van der Waals surface area contributed by atoms with Gasteiger partial charge in [-0.2, -0.15) is 0 Å². The third-order valence-electron chi connectivity index (χ3n) is 11.3. The van der Waals surface area contributed by atoms with Crippen molar-refractivity contribution in [1.29, 1.82) is 0 Å². The molecule has 3 aromatic rings. The number of rotatable bonds is 12. The number of nitrogens with one attached hydrogen (secondary N) is 1. The summed E-state index contributed by atoms with van der Waals surface area (Å²) >= 11 is 0. The first-order chi connectivity index (χ1) is 24.4. The van der Waals surface area contributed by atoms with Crippen LogP contribution in [0.2, 0.25) is 0 Å². The van der Waals surface area contributed by atoms with Gasteiger partial charge < -0.3 is 24.6 Å². The lowest BCUT2D eigenvalue weighted by Gasteiger charge is -2.42. The van der Waals surface area contributed by atoms with Gasteiger partial charge in [0.2, 0.25) is 5.91 Å². The molecule has 2 atom stereocenters. The van der Waals surface area contributed by atoms with E-state index in [0.29, 0.717) is 37.2 Å². The number of amides is 2. The number of carbonyl (C=O) groups excluding carboxylic acids is 3. The predicted molar refractivity (Wildman–Crippen MR) is 198 cm³/mol. The Morgan fingerprint density at radius 3 is 2.36 bits per heavy atom. The third kappa shape index (κ3) is 8.87. The molecule has 0 aromatic heterocycles. The molecule has 1 aliphatic heterocycles. The summed E-state index contributed by atoms with van der Waals surface area (Å²) in [5.41, 5.74) is 2.14. The number of hydrogen-bond acceptors (Lipinski definition) is 6. The smallest absolute Gasteiger partial charge is 0.415 e. The van der Waals surface area contributed by atoms with Gasteiger partial charge in [0.15, 0.2) is 5.78 Å². The van der Waals surface area contributed by atoms with Crippen molar-refractivity contribution in [2.45, 2.75) is 115 Å². The number of ketones is 1. The van der Waals surface area contributed by atoms with Gasteiger partial charge >= 0.3 is 6.09 Å². The molecule has 2 saturated carbocycles. The van der Waals surface area contributed by atoms with Crippen LogP contribution in [0.25, 0.3) is 10.8 Å². The van der Waals surface area contributed by atoms with Crippen molar-refractivity contribution in [1.82, 2.24) is 15.1 Å². The zero-order chi connectivity index (χ0) is 34.9. The molecule has 2 amide bonds. The summed E-state index contributed by atoms with van der Waals surface area (Å²) in [5.74, 6) is 1.81. The van der Waals surface area contributed by atoms with E-state index in [1.807, 2.05) is 42.5 Å². The number of ether oxygens (including phenoxy) is 2. The minimum absolute atomic E-state index is 0.00976. The number of piperazine rings is 1. The largest absolute Gasteiger partial charge is 0.496 e. The second-order valence-corrected chi connectivity index (χ2v) is 14.6. The van der Waals surface area contributed by atoms with Crippen LogP contribution < -0.4 is 14.8 Å². The maximum Gasteiger partial charge on any atom is 0.415 e. The Balaban J connectivity index is 1.22. The molecule has 50 heavy (non-hydrogen) atoms. The van der Waals surface area contributed by atoms with Crippen LogP contribution in [0.15, 0.2) is 60.7 Å². The van der Waals surface area contributed by atoms with Gasteiger partial charge in [-0.3, -0.25) is 9.59 Å². The van der Waals surface area contributed by atoms with Crippen LogP contribution in [0.1, 0.15) is 95.1 Å². The van der Waals surface area contributed by atoms with Crippen molar-refractivity contribution in [2.24, 2.45) is 5.92 Å². The monoisotopic (exact) mass is 681 g/mol. The van der Waals surface area contributed by atoms with E-state index in [-0.39, 0.29) is 30.7 Å². The van der Waals surface area contributed by atoms with Gasteiger partial charge in [-0.05, 0) is 66.7 Å². The van der Waals surface area contributed by atoms with Gasteiger partial charge in [0.05, 0.1) is 19.7 Å². The molecule has 0 unspecified atom stereocenters. The number of methoxy groups -OCH3 is 1. The van der Waals surface area contributed by atoms with Gasteiger partial charge in [-0.25, -0.2) is 4.79 Å². The SMILES string of the molecule is CCc1ccc(CCC(=O)[C@@H]2CN(C(=O)Oc3cccc4ccccc34)CCN2C(=O)[C@@H](CC2CCCCC2)NC2CCCCC2)cc1OC. The second-order valence-electron chi connectivity index (χ2n) is 14.6. The highest BCUT2D eigenvalue weighted by molar-refractivity contribution is 5.93. The quantitative estimate of drug-likeness (QED) is 0.209. The Hall–Kier alpha value is -3.91. The van der Waals surface area contributed by atoms with Crippen LogP contribution in [-0.2, 0) is 22.4 Å². The number of fused-ring (bicyclic) bond motifs is 1. The molecule has 0 bridgehead atoms. The Kier molecular flexibility index (Phi) is 12.5. The molecular formula is C42H55N3O5. The van der Waals surface area contributed by atoms with E-state index in [1.54, 1.807) is 23.0 Å². The van der Waals surface area contributed by atoms with Gasteiger partial charge in [-0.15, -0.1) is 0 Å². The first-order valence-electron chi connectivity index (χ1n) is 19.1. The summed E-state index contributed by atoms with van der Waals surface area (Å²) in [4.78, 5) is 46.0. The third-order valence-corrected chi connectivity index (χ3v) is 11.3. The van der Waals surface area contributed by atoms with E-state index in [1.165, 1.54) is 38.5 Å². The molecular weight excluding hydrogens is 626 g/mol. The van der Waals surface area contributed by atoms with E-state index < -0.39 is 12.1 Å². The van der Waals surface area contributed by atoms with E-state index in [2.05, 4.69) is 24.4 Å². The van der Waals surface area contributed by atoms with Gasteiger partial charge in [-0.1, -0.05) is 107 Å². The topological polar surface area (TPSA) is 88.2 Å². The van der Waals surface area contributed by atoms with Crippen molar-refractivity contribution >= 4 is 28.6 Å². The maximum absolute atomic E-state index is 14.7. The Labute approximate surface area is 297 Å². The van der Waals surface area contributed by atoms with E-state index >= 15 is 0 Å². The highest BCUT2D eigenvalue weighted by atomic mass is 16.6. The predicted octanol–water partition coefficient (Wildman–Crippen LogP) is 7.89. The minimum Gasteiger partial charge on any atom is -0.496 e. The molecule has 0 spiro atoms. The van der Waals surface area contributed by atoms with Crippen molar-refractivity contribution in [3.8, 4) is 11.5 Å². The fourth-order valence-electron chi connectivity index (χ4n) is 8.35. The second kappa shape index (κ2) is 17.3. The van der Waals surface area contributed by atoms with Crippen LogP contribution in [0.3, 0.4) is 0 Å². The molecule has 1 N–H and O–H groups in total. The van der Waals surface area contributed by atoms with Gasteiger partial charge in [0, 0.05) is 30.9 Å². The van der Waals surface area contributed by atoms with Gasteiger partial charge in [0.25, 0.3) is 0 Å². The Morgan fingerprint density at radius 1 is 0.860 bits per heavy atom. The molecule has 2 aliphatic carbocycles. The molecule has 8 heteroatoms. The molecule has 0 radical (unpaired) electrons. The van der Waals surface area contributed by atoms with Gasteiger partial charge in [0.1, 0.15) is 17.5 Å². The van der Waals surface area contributed by atoms with Crippen molar-refractivity contribution in [3.63, 3.8) is 0 Å². The average Bonchev–Trinajstić information content (AvgIpc) is 3.17. The molecule has 3 aliphatic rings. The lowest BCUT2D eigenvalue weighted by molar-refractivity contribution is -0.145. The average molecular weight is 682 g/mol. The molecule has 6 rings (SSSR count). The number of benzene rings is 3. The van der Waals surface area contributed by atoms with E-state index in [0.717, 1.165) is 66.2 Å². The molecule has 268 valence electrons. The molecule has 1 saturated heterocycles. The summed E-state index contributed by atoms with van der Waals surface area (Å²) in [6, 6.07) is 18.9. The summed E-state index contributed by atoms with van der Waals surface area (Å²) in [6.45, 7) is 2.82. The number of nitrogens with zero attached hydrogens (tertiary/aromatic N) is 2. The van der Waals surface area contributed by atoms with E-state index in [4.69, 9.17) is 9.47 Å². The fraction of sp³-hybridized carbons (Fsp3) is 0.548. The lowest BCUT2D eigenvalue weighted by Crippen LogP contribution is -2.63. The summed E-state index contributed by atoms with van der Waals surface area (Å²) in [7, 11) is 1.67. The first kappa shape index (κ1) is 35.9. The van der Waals surface area contributed by atoms with Crippen LogP contribution >= 0.6 is 0 Å². The molecule has 8 nitrogen and oxygen atoms in total. The first-order valence-corrected chi connectivity index (χ1v) is 19.1. The van der Waals surface area contributed by atoms with Crippen LogP contribution in [0.5, 0.6) is 11.5 Å². The van der Waals surface area contributed by atoms with Crippen molar-refractivity contribution in [3.05, 3.63) is 71.8 Å². The maximum atomic E-state index is 14.7. The summed E-state index contributed by atoms with van der Waals surface area (Å²) < 4.78 is 11.6. The van der Waals surface area contributed by atoms with Crippen molar-refractivity contribution < 1.29 is 23.9 Å². The summed E-state index contributed by atoms with van der Waals surface area (Å²) in [6.07, 6.45) is 13.8. The van der Waals surface area contributed by atoms with Crippen LogP contribution in [-0.4, -0.2) is 72.5 Å². The van der Waals surface area contributed by atoms with Crippen LogP contribution in [0.4, 0.5) is 4.79 Å². The zero-order valence-corrected chi connectivity index (χ0v) is 30.0. The lowest BCUT2D eigenvalue weighted by atomic mass is 9.83. The fourth-order valence-corrected chi connectivity index (χ4v) is 8.35. The number of aryl methyl sites for hydroxylation is 2. The molecule has 3 aromatic carbocycles. The number of Topliss-reactive ketones (excluding diaryl/α,β-unsaturated/α-hetero) is 1. The highest BCUT2D eigenvalue weighted by Crippen LogP contribution is 2.31. The standard InChI is InChI=1S/C42H55N3O5/c1-3-32-23-21-31(28-40(32)49-2)22-24-38(46)37-29-44(42(48)50-39-20-12-16-33-15-10-11-19-35(33)39)25-26-45(37)41(47)36(27-30-13-6-4-7-14-30)43-34-17-8-5-9-18-34/h10-12,15-16,19-21,23,28,30,34,36-37,43H,3-9,13-14,17-18,22,24-27,29H2,1-2H3/t36-,37+/m1/s1. The van der Waals surface area contributed by atoms with E-state index in [9.17, 15) is 14.4 Å². The highest BCUT2D eigenvalue weighted by Gasteiger charge is 2.40. The number of hydrogen-bond donors (Lipinski definition) is 1.